The molecule has 0 aromatic heterocycles. The summed E-state index contributed by atoms with van der Waals surface area (Å²) in [5.74, 6) is 0.515. The van der Waals surface area contributed by atoms with Crippen molar-refractivity contribution in [1.82, 2.24) is 10.2 Å². The summed E-state index contributed by atoms with van der Waals surface area (Å²) in [6.07, 6.45) is 0. The molecule has 1 aromatic rings. The molecule has 2 rings (SSSR count). The van der Waals surface area contributed by atoms with E-state index in [0.717, 1.165) is 31.1 Å². The van der Waals surface area contributed by atoms with Gasteiger partial charge in [0.2, 0.25) is 5.91 Å². The van der Waals surface area contributed by atoms with Crippen LogP contribution in [0.2, 0.25) is 10.0 Å². The minimum atomic E-state index is 0.137. The summed E-state index contributed by atoms with van der Waals surface area (Å²) in [5, 5.41) is 4.41. The van der Waals surface area contributed by atoms with Gasteiger partial charge in [-0.25, -0.2) is 0 Å². The quantitative estimate of drug-likeness (QED) is 0.871. The van der Waals surface area contributed by atoms with Crippen LogP contribution in [0.3, 0.4) is 0 Å². The molecule has 1 heterocycles. The van der Waals surface area contributed by atoms with Gasteiger partial charge >= 0.3 is 0 Å². The summed E-state index contributed by atoms with van der Waals surface area (Å²) in [6, 6.07) is 5.36. The van der Waals surface area contributed by atoms with Crippen molar-refractivity contribution in [2.45, 2.75) is 4.90 Å². The number of nitrogens with zero attached hydrogens (tertiary/aromatic N) is 1. The molecule has 18 heavy (non-hydrogen) atoms. The largest absolute Gasteiger partial charge is 0.339 e. The van der Waals surface area contributed by atoms with E-state index in [1.54, 1.807) is 18.2 Å². The van der Waals surface area contributed by atoms with Gasteiger partial charge in [-0.3, -0.25) is 4.79 Å². The summed E-state index contributed by atoms with van der Waals surface area (Å²) in [6.45, 7) is 3.28. The Hall–Kier alpha value is -0.420. The number of halogens is 2. The second-order valence-corrected chi connectivity index (χ2v) is 5.77. The normalized spacial score (nSPS) is 15.8. The highest BCUT2D eigenvalue weighted by Crippen LogP contribution is 2.33. The highest BCUT2D eigenvalue weighted by molar-refractivity contribution is 8.00. The van der Waals surface area contributed by atoms with Gasteiger partial charge < -0.3 is 10.2 Å². The molecule has 1 aromatic carbocycles. The fourth-order valence-electron chi connectivity index (χ4n) is 1.76. The van der Waals surface area contributed by atoms with E-state index < -0.39 is 0 Å². The molecule has 1 fully saturated rings. The van der Waals surface area contributed by atoms with Crippen molar-refractivity contribution in [3.05, 3.63) is 28.2 Å². The Morgan fingerprint density at radius 2 is 1.89 bits per heavy atom. The molecular formula is C12H14Cl2N2OS. The first-order chi connectivity index (χ1) is 8.68. The molecule has 0 spiro atoms. The van der Waals surface area contributed by atoms with E-state index in [9.17, 15) is 4.79 Å². The molecule has 3 nitrogen and oxygen atoms in total. The number of carbonyl (C=O) groups excluding carboxylic acids is 1. The maximum atomic E-state index is 12.0. The first-order valence-electron chi connectivity index (χ1n) is 5.74. The number of rotatable bonds is 3. The van der Waals surface area contributed by atoms with E-state index in [2.05, 4.69) is 5.32 Å². The zero-order valence-electron chi connectivity index (χ0n) is 9.79. The maximum absolute atomic E-state index is 12.0. The number of thioether (sulfide) groups is 1. The monoisotopic (exact) mass is 304 g/mol. The third-order valence-corrected chi connectivity index (χ3v) is 4.70. The third-order valence-electron chi connectivity index (χ3n) is 2.73. The minimum absolute atomic E-state index is 0.137. The molecule has 1 amide bonds. The van der Waals surface area contributed by atoms with E-state index in [4.69, 9.17) is 23.2 Å². The molecule has 0 radical (unpaired) electrons. The van der Waals surface area contributed by atoms with Crippen molar-refractivity contribution in [3.63, 3.8) is 0 Å². The van der Waals surface area contributed by atoms with Crippen molar-refractivity contribution in [2.24, 2.45) is 0 Å². The van der Waals surface area contributed by atoms with Crippen LogP contribution in [0, 0.1) is 0 Å². The molecule has 0 aliphatic carbocycles. The Kier molecular flexibility index (Phi) is 5.18. The average molecular weight is 305 g/mol. The first kappa shape index (κ1) is 14.0. The zero-order valence-corrected chi connectivity index (χ0v) is 12.1. The first-order valence-corrected chi connectivity index (χ1v) is 7.48. The number of carbonyl (C=O) groups is 1. The summed E-state index contributed by atoms with van der Waals surface area (Å²) in [4.78, 5) is 14.6. The van der Waals surface area contributed by atoms with E-state index >= 15 is 0 Å². The standard InChI is InChI=1S/C12H14Cl2N2OS/c13-9-2-1-3-10(14)12(9)18-8-11(17)16-6-4-15-5-7-16/h1-3,15H,4-8H2. The van der Waals surface area contributed by atoms with Crippen molar-refractivity contribution in [3.8, 4) is 0 Å². The number of piperazine rings is 1. The van der Waals surface area contributed by atoms with Gasteiger partial charge in [-0.15, -0.1) is 11.8 Å². The smallest absolute Gasteiger partial charge is 0.233 e. The molecule has 0 bridgehead atoms. The highest BCUT2D eigenvalue weighted by atomic mass is 35.5. The Labute approximate surface area is 121 Å². The Balaban J connectivity index is 1.92. The molecule has 1 saturated heterocycles. The van der Waals surface area contributed by atoms with E-state index in [1.807, 2.05) is 4.90 Å². The van der Waals surface area contributed by atoms with Crippen LogP contribution in [0.5, 0.6) is 0 Å². The highest BCUT2D eigenvalue weighted by Gasteiger charge is 2.17. The maximum Gasteiger partial charge on any atom is 0.233 e. The fraction of sp³-hybridized carbons (Fsp3) is 0.417. The van der Waals surface area contributed by atoms with E-state index in [0.29, 0.717) is 15.8 Å². The van der Waals surface area contributed by atoms with Gasteiger partial charge in [0.1, 0.15) is 0 Å². The number of hydrogen-bond donors (Lipinski definition) is 1. The van der Waals surface area contributed by atoms with Crippen molar-refractivity contribution >= 4 is 40.9 Å². The zero-order chi connectivity index (χ0) is 13.0. The molecular weight excluding hydrogens is 291 g/mol. The predicted octanol–water partition coefficient (Wildman–Crippen LogP) is 2.52. The predicted molar refractivity (Wildman–Crippen MR) is 76.6 cm³/mol. The van der Waals surface area contributed by atoms with Crippen molar-refractivity contribution in [1.29, 1.82) is 0 Å². The molecule has 6 heteroatoms. The van der Waals surface area contributed by atoms with Crippen LogP contribution in [0.15, 0.2) is 23.1 Å². The van der Waals surface area contributed by atoms with Crippen LogP contribution in [0.25, 0.3) is 0 Å². The summed E-state index contributed by atoms with van der Waals surface area (Å²) >= 11 is 13.5. The van der Waals surface area contributed by atoms with Crippen molar-refractivity contribution < 1.29 is 4.79 Å². The molecule has 1 aliphatic rings. The topological polar surface area (TPSA) is 32.3 Å². The lowest BCUT2D eigenvalue weighted by atomic mass is 10.3. The van der Waals surface area contributed by atoms with Gasteiger partial charge in [0.15, 0.2) is 0 Å². The number of nitrogens with one attached hydrogen (secondary N) is 1. The Morgan fingerprint density at radius 1 is 1.28 bits per heavy atom. The second kappa shape index (κ2) is 6.66. The molecule has 98 valence electrons. The molecule has 1 aliphatic heterocycles. The van der Waals surface area contributed by atoms with E-state index in [-0.39, 0.29) is 5.91 Å². The van der Waals surface area contributed by atoms with Gasteiger partial charge in [0.05, 0.1) is 15.8 Å². The van der Waals surface area contributed by atoms with Crippen LogP contribution >= 0.6 is 35.0 Å². The van der Waals surface area contributed by atoms with Gasteiger partial charge in [0.25, 0.3) is 0 Å². The number of benzene rings is 1. The second-order valence-electron chi connectivity index (χ2n) is 3.97. The lowest BCUT2D eigenvalue weighted by Gasteiger charge is -2.27. The average Bonchev–Trinajstić information content (AvgIpc) is 2.39. The fourth-order valence-corrected chi connectivity index (χ4v) is 3.35. The number of hydrogen-bond acceptors (Lipinski definition) is 3. The van der Waals surface area contributed by atoms with Crippen LogP contribution in [-0.4, -0.2) is 42.7 Å². The van der Waals surface area contributed by atoms with Gasteiger partial charge in [-0.2, -0.15) is 0 Å². The van der Waals surface area contributed by atoms with Crippen LogP contribution in [0.4, 0.5) is 0 Å². The number of amides is 1. The lowest BCUT2D eigenvalue weighted by molar-refractivity contribution is -0.128. The molecule has 0 unspecified atom stereocenters. The van der Waals surface area contributed by atoms with Crippen LogP contribution in [0.1, 0.15) is 0 Å². The summed E-state index contributed by atoms with van der Waals surface area (Å²) in [7, 11) is 0. The van der Waals surface area contributed by atoms with Gasteiger partial charge in [-0.1, -0.05) is 29.3 Å². The summed E-state index contributed by atoms with van der Waals surface area (Å²) < 4.78 is 0. The third kappa shape index (κ3) is 3.54. The van der Waals surface area contributed by atoms with Crippen LogP contribution in [-0.2, 0) is 4.79 Å². The van der Waals surface area contributed by atoms with E-state index in [1.165, 1.54) is 11.8 Å². The van der Waals surface area contributed by atoms with Crippen LogP contribution < -0.4 is 5.32 Å². The lowest BCUT2D eigenvalue weighted by Crippen LogP contribution is -2.47. The van der Waals surface area contributed by atoms with Gasteiger partial charge in [0, 0.05) is 31.1 Å². The molecule has 0 saturated carbocycles. The Morgan fingerprint density at radius 3 is 2.50 bits per heavy atom. The minimum Gasteiger partial charge on any atom is -0.339 e. The molecule has 0 atom stereocenters. The SMILES string of the molecule is O=C(CSc1c(Cl)cccc1Cl)N1CCNCC1. The summed E-state index contributed by atoms with van der Waals surface area (Å²) in [5.41, 5.74) is 0. The molecule has 1 N–H and O–H groups in total. The van der Waals surface area contributed by atoms with Gasteiger partial charge in [-0.05, 0) is 12.1 Å². The van der Waals surface area contributed by atoms with Crippen molar-refractivity contribution in [2.75, 3.05) is 31.9 Å². The Bertz CT molecular complexity index is 416.